The summed E-state index contributed by atoms with van der Waals surface area (Å²) in [7, 11) is 0. The lowest BCUT2D eigenvalue weighted by atomic mass is 10.1. The van der Waals surface area contributed by atoms with Crippen LogP contribution in [0.1, 0.15) is 33.6 Å². The zero-order valence-corrected chi connectivity index (χ0v) is 16.0. The van der Waals surface area contributed by atoms with Gasteiger partial charge in [-0.15, -0.1) is 0 Å². The van der Waals surface area contributed by atoms with Gasteiger partial charge in [-0.3, -0.25) is 14.4 Å². The number of primary amides is 1. The fraction of sp³-hybridized carbons (Fsp3) is 0.250. The summed E-state index contributed by atoms with van der Waals surface area (Å²) in [5.74, 6) is -3.95. The van der Waals surface area contributed by atoms with Crippen molar-refractivity contribution >= 4 is 17.7 Å². The first-order valence-corrected chi connectivity index (χ1v) is 9.10. The van der Waals surface area contributed by atoms with Crippen molar-refractivity contribution in [1.29, 1.82) is 0 Å². The second kappa shape index (κ2) is 10.0. The van der Waals surface area contributed by atoms with E-state index in [9.17, 15) is 34.8 Å². The zero-order valence-electron chi connectivity index (χ0n) is 16.0. The van der Waals surface area contributed by atoms with Gasteiger partial charge >= 0.3 is 0 Å². The van der Waals surface area contributed by atoms with Crippen LogP contribution in [-0.2, 0) is 4.79 Å². The molecular formula is C20H23N3O7. The van der Waals surface area contributed by atoms with E-state index in [4.69, 9.17) is 5.73 Å². The SMILES string of the molecule is NC(=O)CN(CCCCNC(=O)c1cccc(O)c1O)C(=O)c1cccc(O)c1O. The third-order valence-corrected chi connectivity index (χ3v) is 4.28. The van der Waals surface area contributed by atoms with Crippen LogP contribution in [0, 0.1) is 0 Å². The molecule has 0 radical (unpaired) electrons. The second-order valence-corrected chi connectivity index (χ2v) is 6.50. The van der Waals surface area contributed by atoms with Crippen LogP contribution in [0.5, 0.6) is 23.0 Å². The summed E-state index contributed by atoms with van der Waals surface area (Å²) in [6.07, 6.45) is 0.824. The van der Waals surface area contributed by atoms with E-state index in [1.807, 2.05) is 0 Å². The number of rotatable bonds is 9. The molecule has 0 unspecified atom stereocenters. The van der Waals surface area contributed by atoms with Gasteiger partial charge in [0, 0.05) is 13.1 Å². The van der Waals surface area contributed by atoms with Crippen LogP contribution in [0.3, 0.4) is 0 Å². The summed E-state index contributed by atoms with van der Waals surface area (Å²) in [5, 5.41) is 41.1. The molecule has 2 rings (SSSR count). The van der Waals surface area contributed by atoms with E-state index >= 15 is 0 Å². The second-order valence-electron chi connectivity index (χ2n) is 6.50. The molecule has 0 fully saturated rings. The largest absolute Gasteiger partial charge is 0.504 e. The maximum absolute atomic E-state index is 12.6. The highest BCUT2D eigenvalue weighted by Crippen LogP contribution is 2.29. The molecule has 0 aromatic heterocycles. The molecular weight excluding hydrogens is 394 g/mol. The van der Waals surface area contributed by atoms with Crippen molar-refractivity contribution in [3.05, 3.63) is 47.5 Å². The Bertz CT molecular complexity index is 946. The lowest BCUT2D eigenvalue weighted by Gasteiger charge is -2.22. The topological polar surface area (TPSA) is 173 Å². The summed E-state index contributed by atoms with van der Waals surface area (Å²) in [5.41, 5.74) is 4.96. The van der Waals surface area contributed by atoms with Gasteiger partial charge in [-0.1, -0.05) is 12.1 Å². The van der Waals surface area contributed by atoms with Gasteiger partial charge in [-0.05, 0) is 37.1 Å². The average molecular weight is 417 g/mol. The van der Waals surface area contributed by atoms with Crippen molar-refractivity contribution in [2.24, 2.45) is 5.73 Å². The summed E-state index contributed by atoms with van der Waals surface area (Å²) in [6, 6.07) is 7.95. The molecule has 0 atom stereocenters. The number of carbonyl (C=O) groups is 3. The Hall–Kier alpha value is -3.95. The first-order chi connectivity index (χ1) is 14.2. The minimum absolute atomic E-state index is 0.0695. The van der Waals surface area contributed by atoms with Crippen molar-refractivity contribution in [2.45, 2.75) is 12.8 Å². The molecule has 7 N–H and O–H groups in total. The number of hydrogen-bond donors (Lipinski definition) is 6. The molecule has 0 spiro atoms. The molecule has 0 aliphatic heterocycles. The lowest BCUT2D eigenvalue weighted by Crippen LogP contribution is -2.39. The Kier molecular flexibility index (Phi) is 7.45. The highest BCUT2D eigenvalue weighted by Gasteiger charge is 2.22. The van der Waals surface area contributed by atoms with Crippen LogP contribution in [0.15, 0.2) is 36.4 Å². The molecule has 0 aliphatic rings. The van der Waals surface area contributed by atoms with Crippen molar-refractivity contribution in [2.75, 3.05) is 19.6 Å². The average Bonchev–Trinajstić information content (AvgIpc) is 2.70. The number of unbranched alkanes of at least 4 members (excludes halogenated alkanes) is 1. The Balaban J connectivity index is 1.91. The van der Waals surface area contributed by atoms with E-state index in [-0.39, 0.29) is 30.8 Å². The molecule has 3 amide bonds. The molecule has 10 nitrogen and oxygen atoms in total. The molecule has 0 bridgehead atoms. The van der Waals surface area contributed by atoms with Gasteiger partial charge < -0.3 is 36.4 Å². The number of nitrogens with two attached hydrogens (primary N) is 1. The number of nitrogens with one attached hydrogen (secondary N) is 1. The molecule has 0 saturated heterocycles. The minimum atomic E-state index is -0.740. The van der Waals surface area contributed by atoms with Gasteiger partial charge in [0.1, 0.15) is 0 Å². The number of hydrogen-bond acceptors (Lipinski definition) is 7. The van der Waals surface area contributed by atoms with Gasteiger partial charge in [0.15, 0.2) is 23.0 Å². The fourth-order valence-electron chi connectivity index (χ4n) is 2.75. The monoisotopic (exact) mass is 417 g/mol. The van der Waals surface area contributed by atoms with E-state index in [0.717, 1.165) is 4.90 Å². The number of benzene rings is 2. The van der Waals surface area contributed by atoms with Crippen LogP contribution in [-0.4, -0.2) is 62.7 Å². The standard InChI is InChI=1S/C20H23N3O7/c21-16(26)11-23(20(30)13-6-4-8-15(25)18(13)28)10-2-1-9-22-19(29)12-5-3-7-14(24)17(12)27/h3-8,24-25,27-28H,1-2,9-11H2,(H2,21,26)(H,22,29). The molecule has 2 aromatic rings. The molecule has 0 heterocycles. The van der Waals surface area contributed by atoms with Crippen LogP contribution in [0.2, 0.25) is 0 Å². The van der Waals surface area contributed by atoms with Crippen molar-refractivity contribution in [3.8, 4) is 23.0 Å². The number of amides is 3. The van der Waals surface area contributed by atoms with Crippen LogP contribution in [0.25, 0.3) is 0 Å². The number of nitrogens with zero attached hydrogens (tertiary/aromatic N) is 1. The third kappa shape index (κ3) is 5.53. The van der Waals surface area contributed by atoms with E-state index in [1.165, 1.54) is 36.4 Å². The van der Waals surface area contributed by atoms with Gasteiger partial charge in [0.05, 0.1) is 17.7 Å². The Morgan fingerprint density at radius 1 is 0.867 bits per heavy atom. The molecule has 160 valence electrons. The smallest absolute Gasteiger partial charge is 0.258 e. The van der Waals surface area contributed by atoms with Gasteiger partial charge in [0.25, 0.3) is 11.8 Å². The van der Waals surface area contributed by atoms with Crippen molar-refractivity contribution < 1.29 is 34.8 Å². The highest BCUT2D eigenvalue weighted by atomic mass is 16.3. The molecule has 0 aliphatic carbocycles. The number of carbonyl (C=O) groups excluding carboxylic acids is 3. The predicted octanol–water partition coefficient (Wildman–Crippen LogP) is 0.647. The number of aromatic hydroxyl groups is 4. The van der Waals surface area contributed by atoms with Gasteiger partial charge in [0.2, 0.25) is 5.91 Å². The number of para-hydroxylation sites is 2. The first kappa shape index (κ1) is 22.3. The molecule has 2 aromatic carbocycles. The van der Waals surface area contributed by atoms with Gasteiger partial charge in [-0.25, -0.2) is 0 Å². The number of phenols is 4. The minimum Gasteiger partial charge on any atom is -0.504 e. The Morgan fingerprint density at radius 3 is 2.03 bits per heavy atom. The molecule has 10 heteroatoms. The van der Waals surface area contributed by atoms with Crippen LogP contribution in [0.4, 0.5) is 0 Å². The Morgan fingerprint density at radius 2 is 1.43 bits per heavy atom. The summed E-state index contributed by atoms with van der Waals surface area (Å²) in [4.78, 5) is 37.1. The first-order valence-electron chi connectivity index (χ1n) is 9.10. The van der Waals surface area contributed by atoms with E-state index in [0.29, 0.717) is 12.8 Å². The van der Waals surface area contributed by atoms with E-state index in [1.54, 1.807) is 0 Å². The molecule has 30 heavy (non-hydrogen) atoms. The van der Waals surface area contributed by atoms with Crippen molar-refractivity contribution in [3.63, 3.8) is 0 Å². The van der Waals surface area contributed by atoms with Gasteiger partial charge in [-0.2, -0.15) is 0 Å². The molecule has 0 saturated carbocycles. The number of phenolic OH excluding ortho intramolecular Hbond substituents is 4. The quantitative estimate of drug-likeness (QED) is 0.256. The maximum Gasteiger partial charge on any atom is 0.258 e. The predicted molar refractivity (Wildman–Crippen MR) is 106 cm³/mol. The van der Waals surface area contributed by atoms with Crippen molar-refractivity contribution in [1.82, 2.24) is 10.2 Å². The summed E-state index contributed by atoms with van der Waals surface area (Å²) < 4.78 is 0. The summed E-state index contributed by atoms with van der Waals surface area (Å²) in [6.45, 7) is -0.0501. The lowest BCUT2D eigenvalue weighted by molar-refractivity contribution is -0.118. The highest BCUT2D eigenvalue weighted by molar-refractivity contribution is 5.99. The Labute approximate surface area is 172 Å². The van der Waals surface area contributed by atoms with Crippen LogP contribution < -0.4 is 11.1 Å². The van der Waals surface area contributed by atoms with E-state index < -0.39 is 40.7 Å². The fourth-order valence-corrected chi connectivity index (χ4v) is 2.75. The third-order valence-electron chi connectivity index (χ3n) is 4.28. The normalized spacial score (nSPS) is 10.4. The van der Waals surface area contributed by atoms with E-state index in [2.05, 4.69) is 5.32 Å². The maximum atomic E-state index is 12.6. The zero-order chi connectivity index (χ0) is 22.3. The van der Waals surface area contributed by atoms with Crippen LogP contribution >= 0.6 is 0 Å². The summed E-state index contributed by atoms with van der Waals surface area (Å²) >= 11 is 0.